The van der Waals surface area contributed by atoms with Crippen molar-refractivity contribution in [3.63, 3.8) is 0 Å². The van der Waals surface area contributed by atoms with Crippen LogP contribution in [0.5, 0.6) is 10.8 Å². The van der Waals surface area contributed by atoms with Gasteiger partial charge >= 0.3 is 0 Å². The number of ether oxygens (including phenoxy) is 2. The van der Waals surface area contributed by atoms with Crippen LogP contribution in [0.25, 0.3) is 0 Å². The normalized spacial score (nSPS) is 11.4. The largest absolute Gasteiger partial charge is 0.490 e. The van der Waals surface area contributed by atoms with Crippen molar-refractivity contribution in [2.75, 3.05) is 13.2 Å². The lowest BCUT2D eigenvalue weighted by Crippen LogP contribution is -2.11. The molecule has 1 aromatic carbocycles. The fourth-order valence-corrected chi connectivity index (χ4v) is 2.61. The maximum absolute atomic E-state index is 5.68. The Morgan fingerprint density at radius 2 is 1.65 bits per heavy atom. The van der Waals surface area contributed by atoms with Gasteiger partial charge in [-0.1, -0.05) is 32.9 Å². The highest BCUT2D eigenvalue weighted by atomic mass is 32.1. The van der Waals surface area contributed by atoms with Gasteiger partial charge in [0.1, 0.15) is 19.0 Å². The Morgan fingerprint density at radius 3 is 2.20 bits per heavy atom. The zero-order valence-electron chi connectivity index (χ0n) is 12.6. The van der Waals surface area contributed by atoms with Gasteiger partial charge in [-0.2, -0.15) is 0 Å². The van der Waals surface area contributed by atoms with Crippen LogP contribution in [0.15, 0.2) is 35.7 Å². The molecule has 0 radical (unpaired) electrons. The summed E-state index contributed by atoms with van der Waals surface area (Å²) in [6.07, 6.45) is 0. The molecule has 0 N–H and O–H groups in total. The van der Waals surface area contributed by atoms with Crippen LogP contribution in [-0.4, -0.2) is 13.2 Å². The van der Waals surface area contributed by atoms with Gasteiger partial charge in [-0.25, -0.2) is 0 Å². The highest BCUT2D eigenvalue weighted by Gasteiger charge is 2.12. The maximum Gasteiger partial charge on any atom is 0.174 e. The molecule has 1 heterocycles. The molecule has 1 aromatic heterocycles. The molecular weight excluding hydrogens is 268 g/mol. The van der Waals surface area contributed by atoms with Gasteiger partial charge < -0.3 is 9.47 Å². The zero-order valence-corrected chi connectivity index (χ0v) is 13.4. The third-order valence-electron chi connectivity index (χ3n) is 3.02. The summed E-state index contributed by atoms with van der Waals surface area (Å²) in [5, 5.41) is 3.04. The molecule has 0 saturated carbocycles. The van der Waals surface area contributed by atoms with E-state index in [2.05, 4.69) is 45.2 Å². The van der Waals surface area contributed by atoms with Crippen LogP contribution >= 0.6 is 11.3 Å². The van der Waals surface area contributed by atoms with E-state index in [1.165, 1.54) is 11.1 Å². The van der Waals surface area contributed by atoms with Gasteiger partial charge in [0.05, 0.1) is 0 Å². The molecule has 20 heavy (non-hydrogen) atoms. The van der Waals surface area contributed by atoms with Crippen molar-refractivity contribution in [2.24, 2.45) is 0 Å². The highest BCUT2D eigenvalue weighted by Crippen LogP contribution is 2.24. The smallest absolute Gasteiger partial charge is 0.174 e. The van der Waals surface area contributed by atoms with Gasteiger partial charge in [0.25, 0.3) is 0 Å². The van der Waals surface area contributed by atoms with Gasteiger partial charge in [0, 0.05) is 0 Å². The van der Waals surface area contributed by atoms with Crippen molar-refractivity contribution in [2.45, 2.75) is 33.1 Å². The second-order valence-corrected chi connectivity index (χ2v) is 6.79. The van der Waals surface area contributed by atoms with E-state index in [0.717, 1.165) is 10.8 Å². The fraction of sp³-hybridized carbons (Fsp3) is 0.412. The van der Waals surface area contributed by atoms with E-state index in [1.54, 1.807) is 11.3 Å². The average Bonchev–Trinajstić information content (AvgIpc) is 2.80. The summed E-state index contributed by atoms with van der Waals surface area (Å²) in [5.74, 6) is 0.893. The monoisotopic (exact) mass is 290 g/mol. The van der Waals surface area contributed by atoms with E-state index in [4.69, 9.17) is 9.47 Å². The molecule has 0 spiro atoms. The topological polar surface area (TPSA) is 18.5 Å². The van der Waals surface area contributed by atoms with Crippen molar-refractivity contribution in [1.82, 2.24) is 0 Å². The van der Waals surface area contributed by atoms with Gasteiger partial charge in [0.15, 0.2) is 5.06 Å². The molecule has 2 aromatic rings. The predicted molar refractivity (Wildman–Crippen MR) is 85.2 cm³/mol. The second-order valence-electron chi connectivity index (χ2n) is 5.91. The molecule has 0 aliphatic rings. The molecule has 0 aliphatic heterocycles. The first-order chi connectivity index (χ1) is 9.45. The Kier molecular flexibility index (Phi) is 4.71. The van der Waals surface area contributed by atoms with Crippen LogP contribution in [-0.2, 0) is 5.41 Å². The number of hydrogen-bond acceptors (Lipinski definition) is 3. The molecule has 108 valence electrons. The van der Waals surface area contributed by atoms with Crippen molar-refractivity contribution in [3.8, 4) is 10.8 Å². The van der Waals surface area contributed by atoms with Crippen LogP contribution in [0.2, 0.25) is 0 Å². The molecule has 0 atom stereocenters. The zero-order chi connectivity index (χ0) is 14.6. The summed E-state index contributed by atoms with van der Waals surface area (Å²) in [6.45, 7) is 9.82. The van der Waals surface area contributed by atoms with E-state index in [1.807, 2.05) is 18.2 Å². The molecule has 0 amide bonds. The molecule has 0 saturated heterocycles. The molecule has 0 aliphatic carbocycles. The highest BCUT2D eigenvalue weighted by molar-refractivity contribution is 7.12. The minimum Gasteiger partial charge on any atom is -0.490 e. The Hall–Kier alpha value is -1.48. The van der Waals surface area contributed by atoms with E-state index in [9.17, 15) is 0 Å². The third kappa shape index (κ3) is 4.27. The molecule has 0 fully saturated rings. The lowest BCUT2D eigenvalue weighted by Gasteiger charge is -2.19. The first-order valence-electron chi connectivity index (χ1n) is 6.86. The molecule has 2 nitrogen and oxygen atoms in total. The van der Waals surface area contributed by atoms with Crippen LogP contribution in [0.1, 0.15) is 31.9 Å². The first-order valence-corrected chi connectivity index (χ1v) is 7.74. The summed E-state index contributed by atoms with van der Waals surface area (Å²) >= 11 is 1.62. The Balaban J connectivity index is 1.77. The standard InChI is InChI=1S/C17H22O2S/c1-13-11-16(20-12-13)19-10-9-18-15-7-5-14(6-8-15)17(2,3)4/h5-8,11-12H,9-10H2,1-4H3. The number of benzene rings is 1. The molecule has 2 rings (SSSR count). The van der Waals surface area contributed by atoms with E-state index in [0.29, 0.717) is 13.2 Å². The number of thiophene rings is 1. The Labute approximate surface area is 125 Å². The number of hydrogen-bond donors (Lipinski definition) is 0. The van der Waals surface area contributed by atoms with E-state index >= 15 is 0 Å². The SMILES string of the molecule is Cc1csc(OCCOc2ccc(C(C)(C)C)cc2)c1. The van der Waals surface area contributed by atoms with Crippen LogP contribution in [0.3, 0.4) is 0 Å². The fourth-order valence-electron chi connectivity index (χ4n) is 1.83. The van der Waals surface area contributed by atoms with Gasteiger partial charge in [0.2, 0.25) is 0 Å². The van der Waals surface area contributed by atoms with Gasteiger partial charge in [-0.15, -0.1) is 11.3 Å². The number of aryl methyl sites for hydroxylation is 1. The lowest BCUT2D eigenvalue weighted by molar-refractivity contribution is 0.221. The van der Waals surface area contributed by atoms with Gasteiger partial charge in [-0.05, 0) is 47.0 Å². The Morgan fingerprint density at radius 1 is 1.00 bits per heavy atom. The van der Waals surface area contributed by atoms with Crippen LogP contribution < -0.4 is 9.47 Å². The quantitative estimate of drug-likeness (QED) is 0.736. The van der Waals surface area contributed by atoms with E-state index < -0.39 is 0 Å². The molecule has 0 unspecified atom stereocenters. The van der Waals surface area contributed by atoms with E-state index in [-0.39, 0.29) is 5.41 Å². The third-order valence-corrected chi connectivity index (χ3v) is 3.98. The molecule has 3 heteroatoms. The predicted octanol–water partition coefficient (Wildman–Crippen LogP) is 4.81. The lowest BCUT2D eigenvalue weighted by atomic mass is 9.87. The molecular formula is C17H22O2S. The van der Waals surface area contributed by atoms with Crippen molar-refractivity contribution in [3.05, 3.63) is 46.8 Å². The summed E-state index contributed by atoms with van der Waals surface area (Å²) in [7, 11) is 0. The minimum absolute atomic E-state index is 0.179. The summed E-state index contributed by atoms with van der Waals surface area (Å²) < 4.78 is 11.3. The number of rotatable bonds is 5. The second kappa shape index (κ2) is 6.31. The van der Waals surface area contributed by atoms with Crippen LogP contribution in [0.4, 0.5) is 0 Å². The molecule has 0 bridgehead atoms. The summed E-state index contributed by atoms with van der Waals surface area (Å²) in [5.41, 5.74) is 2.73. The minimum atomic E-state index is 0.179. The van der Waals surface area contributed by atoms with Crippen molar-refractivity contribution < 1.29 is 9.47 Å². The summed E-state index contributed by atoms with van der Waals surface area (Å²) in [6, 6.07) is 10.3. The van der Waals surface area contributed by atoms with Crippen molar-refractivity contribution >= 4 is 11.3 Å². The average molecular weight is 290 g/mol. The van der Waals surface area contributed by atoms with Crippen molar-refractivity contribution in [1.29, 1.82) is 0 Å². The van der Waals surface area contributed by atoms with Gasteiger partial charge in [-0.3, -0.25) is 0 Å². The Bertz CT molecular complexity index is 535. The van der Waals surface area contributed by atoms with Crippen LogP contribution in [0, 0.1) is 6.92 Å². The summed E-state index contributed by atoms with van der Waals surface area (Å²) in [4.78, 5) is 0. The first kappa shape index (κ1) is 14.9. The maximum atomic E-state index is 5.68.